The number of nitrogens with two attached hydrogens (primary N) is 1. The van der Waals surface area contributed by atoms with Crippen LogP contribution in [0.4, 0.5) is 4.79 Å². The topological polar surface area (TPSA) is 120 Å². The fraction of sp³-hybridized carbons (Fsp3) is 0.292. The second-order valence-corrected chi connectivity index (χ2v) is 6.82. The first kappa shape index (κ1) is 24.6. The predicted molar refractivity (Wildman–Crippen MR) is 122 cm³/mol. The summed E-state index contributed by atoms with van der Waals surface area (Å²) in [7, 11) is 2.95. The van der Waals surface area contributed by atoms with Gasteiger partial charge >= 0.3 is 12.1 Å². The van der Waals surface area contributed by atoms with Crippen molar-refractivity contribution in [1.82, 2.24) is 10.6 Å². The van der Waals surface area contributed by atoms with Crippen LogP contribution in [0.2, 0.25) is 0 Å². The number of carbonyl (C=O) groups is 3. The van der Waals surface area contributed by atoms with Gasteiger partial charge in [0.25, 0.3) is 0 Å². The van der Waals surface area contributed by atoms with Crippen molar-refractivity contribution >= 4 is 18.0 Å². The van der Waals surface area contributed by atoms with Gasteiger partial charge in [-0.15, -0.1) is 0 Å². The minimum Gasteiger partial charge on any atom is -0.460 e. The van der Waals surface area contributed by atoms with E-state index in [1.165, 1.54) is 20.2 Å². The molecule has 2 amide bonds. The van der Waals surface area contributed by atoms with Gasteiger partial charge in [0.05, 0.1) is 6.42 Å². The number of hydrogen-bond acceptors (Lipinski definition) is 6. The number of amides is 2. The summed E-state index contributed by atoms with van der Waals surface area (Å²) >= 11 is 0. The third-order valence-electron chi connectivity index (χ3n) is 4.93. The van der Waals surface area contributed by atoms with Crippen molar-refractivity contribution in [2.75, 3.05) is 27.3 Å². The lowest BCUT2D eigenvalue weighted by atomic mass is 9.98. The van der Waals surface area contributed by atoms with E-state index >= 15 is 0 Å². The number of carbonyl (C=O) groups excluding carboxylic acids is 3. The quantitative estimate of drug-likeness (QED) is 0.429. The molecule has 4 N–H and O–H groups in total. The molecule has 8 nitrogen and oxygen atoms in total. The van der Waals surface area contributed by atoms with E-state index in [9.17, 15) is 14.4 Å². The largest absolute Gasteiger partial charge is 0.460 e. The van der Waals surface area contributed by atoms with Gasteiger partial charge in [-0.2, -0.15) is 0 Å². The Labute approximate surface area is 187 Å². The van der Waals surface area contributed by atoms with Gasteiger partial charge in [0.2, 0.25) is 5.91 Å². The Morgan fingerprint density at radius 3 is 2.12 bits per heavy atom. The van der Waals surface area contributed by atoms with E-state index in [1.54, 1.807) is 0 Å². The zero-order valence-electron chi connectivity index (χ0n) is 18.3. The standard InChI is InChI=1S/C23H24N2O5.CH5N/c1-3-12-29-22(27)20(13-21(26)24-2)25-23(28)30-14-19-17-10-6-4-8-15(17)16-9-5-7-11-18(16)19;1-2/h3-11,19-20H,1,12-14H2,2H3,(H,24,26)(H,25,28);2H2,1H3. The Hall–Kier alpha value is -3.65. The molecule has 1 aliphatic carbocycles. The molecule has 0 saturated heterocycles. The van der Waals surface area contributed by atoms with E-state index < -0.39 is 24.0 Å². The summed E-state index contributed by atoms with van der Waals surface area (Å²) in [6, 6.07) is 14.8. The van der Waals surface area contributed by atoms with E-state index in [0.29, 0.717) is 0 Å². The smallest absolute Gasteiger partial charge is 0.407 e. The van der Waals surface area contributed by atoms with Gasteiger partial charge in [-0.3, -0.25) is 4.79 Å². The first-order chi connectivity index (χ1) is 15.5. The van der Waals surface area contributed by atoms with Gasteiger partial charge in [-0.25, -0.2) is 9.59 Å². The number of benzene rings is 2. The first-order valence-corrected chi connectivity index (χ1v) is 10.2. The summed E-state index contributed by atoms with van der Waals surface area (Å²) in [6.45, 7) is 3.56. The Kier molecular flexibility index (Phi) is 9.43. The molecule has 8 heteroatoms. The fourth-order valence-corrected chi connectivity index (χ4v) is 3.50. The summed E-state index contributed by atoms with van der Waals surface area (Å²) in [5.74, 6) is -1.24. The van der Waals surface area contributed by atoms with Crippen molar-refractivity contribution in [3.05, 3.63) is 72.3 Å². The molecular formula is C24H29N3O5. The van der Waals surface area contributed by atoms with E-state index in [-0.39, 0.29) is 25.6 Å². The molecule has 1 unspecified atom stereocenters. The summed E-state index contributed by atoms with van der Waals surface area (Å²) < 4.78 is 10.4. The van der Waals surface area contributed by atoms with Gasteiger partial charge < -0.3 is 25.8 Å². The van der Waals surface area contributed by atoms with E-state index in [0.717, 1.165) is 22.3 Å². The molecule has 170 valence electrons. The van der Waals surface area contributed by atoms with Crippen LogP contribution in [0.3, 0.4) is 0 Å². The molecule has 0 fully saturated rings. The molecule has 0 saturated carbocycles. The third kappa shape index (κ3) is 5.95. The number of rotatable bonds is 8. The Balaban J connectivity index is 0.00000176. The Morgan fingerprint density at radius 1 is 1.03 bits per heavy atom. The maximum absolute atomic E-state index is 12.4. The predicted octanol–water partition coefficient (Wildman–Crippen LogP) is 2.33. The molecule has 0 spiro atoms. The van der Waals surface area contributed by atoms with Crippen molar-refractivity contribution in [3.63, 3.8) is 0 Å². The lowest BCUT2D eigenvalue weighted by Gasteiger charge is -2.18. The van der Waals surface area contributed by atoms with Crippen LogP contribution in [0.1, 0.15) is 23.5 Å². The Bertz CT molecular complexity index is 915. The summed E-state index contributed by atoms with van der Waals surface area (Å²) in [4.78, 5) is 36.2. The lowest BCUT2D eigenvalue weighted by Crippen LogP contribution is -2.45. The highest BCUT2D eigenvalue weighted by atomic mass is 16.6. The van der Waals surface area contributed by atoms with Crippen molar-refractivity contribution in [1.29, 1.82) is 0 Å². The van der Waals surface area contributed by atoms with E-state index in [2.05, 4.69) is 22.9 Å². The van der Waals surface area contributed by atoms with Crippen LogP contribution in [-0.2, 0) is 19.1 Å². The number of hydrogen-bond donors (Lipinski definition) is 3. The number of ether oxygens (including phenoxy) is 2. The number of nitrogens with one attached hydrogen (secondary N) is 2. The van der Waals surface area contributed by atoms with Gasteiger partial charge in [-0.1, -0.05) is 61.2 Å². The highest BCUT2D eigenvalue weighted by Crippen LogP contribution is 2.44. The zero-order valence-corrected chi connectivity index (χ0v) is 18.3. The average Bonchev–Trinajstić information content (AvgIpc) is 3.15. The molecule has 3 rings (SSSR count). The normalized spacial score (nSPS) is 12.2. The van der Waals surface area contributed by atoms with Crippen molar-refractivity contribution in [2.45, 2.75) is 18.4 Å². The fourth-order valence-electron chi connectivity index (χ4n) is 3.50. The SMILES string of the molecule is C=CCOC(=O)C(CC(=O)NC)NC(=O)OCC1c2ccccc2-c2ccccc21.CN. The highest BCUT2D eigenvalue weighted by Gasteiger charge is 2.30. The molecule has 32 heavy (non-hydrogen) atoms. The Morgan fingerprint density at radius 2 is 1.59 bits per heavy atom. The molecule has 2 aromatic rings. The molecule has 0 aliphatic heterocycles. The van der Waals surface area contributed by atoms with Crippen LogP contribution in [0.5, 0.6) is 0 Å². The van der Waals surface area contributed by atoms with Gasteiger partial charge in [0.15, 0.2) is 0 Å². The molecule has 0 radical (unpaired) electrons. The van der Waals surface area contributed by atoms with Crippen LogP contribution in [0, 0.1) is 0 Å². The van der Waals surface area contributed by atoms with Crippen LogP contribution >= 0.6 is 0 Å². The minimum atomic E-state index is -1.15. The zero-order chi connectivity index (χ0) is 23.5. The minimum absolute atomic E-state index is 0.0184. The summed E-state index contributed by atoms with van der Waals surface area (Å²) in [5.41, 5.74) is 8.90. The maximum atomic E-state index is 12.4. The average molecular weight is 440 g/mol. The van der Waals surface area contributed by atoms with Crippen molar-refractivity contribution in [2.24, 2.45) is 5.73 Å². The number of alkyl carbamates (subject to hydrolysis) is 1. The van der Waals surface area contributed by atoms with Crippen LogP contribution < -0.4 is 16.4 Å². The number of fused-ring (bicyclic) bond motifs is 3. The van der Waals surface area contributed by atoms with Crippen molar-refractivity contribution < 1.29 is 23.9 Å². The second kappa shape index (κ2) is 12.3. The van der Waals surface area contributed by atoms with E-state index in [1.807, 2.05) is 48.5 Å². The summed E-state index contributed by atoms with van der Waals surface area (Å²) in [5, 5.41) is 4.85. The van der Waals surface area contributed by atoms with Gasteiger partial charge in [0.1, 0.15) is 19.3 Å². The first-order valence-electron chi connectivity index (χ1n) is 10.2. The van der Waals surface area contributed by atoms with Gasteiger partial charge in [0, 0.05) is 13.0 Å². The molecular weight excluding hydrogens is 410 g/mol. The highest BCUT2D eigenvalue weighted by molar-refractivity contribution is 5.88. The molecule has 0 bridgehead atoms. The molecule has 0 heterocycles. The third-order valence-corrected chi connectivity index (χ3v) is 4.93. The van der Waals surface area contributed by atoms with Crippen LogP contribution in [-0.4, -0.2) is 51.3 Å². The van der Waals surface area contributed by atoms with Gasteiger partial charge in [-0.05, 0) is 29.3 Å². The van der Waals surface area contributed by atoms with Crippen LogP contribution in [0.25, 0.3) is 11.1 Å². The van der Waals surface area contributed by atoms with E-state index in [4.69, 9.17) is 9.47 Å². The summed E-state index contributed by atoms with van der Waals surface area (Å²) in [6.07, 6.45) is 0.361. The number of esters is 1. The second-order valence-electron chi connectivity index (χ2n) is 6.82. The molecule has 0 aromatic heterocycles. The molecule has 1 atom stereocenters. The molecule has 1 aliphatic rings. The monoisotopic (exact) mass is 439 g/mol. The van der Waals surface area contributed by atoms with Crippen molar-refractivity contribution in [3.8, 4) is 11.1 Å². The maximum Gasteiger partial charge on any atom is 0.407 e. The lowest BCUT2D eigenvalue weighted by molar-refractivity contribution is -0.146. The van der Waals surface area contributed by atoms with Crippen LogP contribution in [0.15, 0.2) is 61.2 Å². The molecule has 2 aromatic carbocycles.